The third-order valence-corrected chi connectivity index (χ3v) is 2.31. The smallest absolute Gasteiger partial charge is 0.445 e. The predicted octanol–water partition coefficient (Wildman–Crippen LogP) is 2.60. The van der Waals surface area contributed by atoms with E-state index in [1.165, 1.54) is 6.26 Å². The van der Waals surface area contributed by atoms with Crippen LogP contribution in [-0.4, -0.2) is 13.2 Å². The molecule has 0 aliphatic rings. The van der Waals surface area contributed by atoms with E-state index in [1.807, 2.05) is 0 Å². The molecule has 0 nitrogen and oxygen atoms in total. The van der Waals surface area contributed by atoms with E-state index < -0.39 is 18.3 Å². The van der Waals surface area contributed by atoms with Crippen LogP contribution in [0, 0.1) is 5.82 Å². The van der Waals surface area contributed by atoms with Crippen LogP contribution in [0.4, 0.5) is 17.3 Å². The molecule has 0 saturated carbocycles. The van der Waals surface area contributed by atoms with Crippen molar-refractivity contribution in [2.75, 3.05) is 6.26 Å². The molecule has 0 aromatic heterocycles. The highest BCUT2D eigenvalue weighted by atomic mass is 32.2. The van der Waals surface area contributed by atoms with Gasteiger partial charge in [0.15, 0.2) is 0 Å². The quantitative estimate of drug-likeness (QED) is 0.409. The Labute approximate surface area is 77.4 Å². The third kappa shape index (κ3) is 2.40. The van der Waals surface area contributed by atoms with Crippen LogP contribution in [0.3, 0.4) is 0 Å². The second-order valence-corrected chi connectivity index (χ2v) is 3.32. The predicted molar refractivity (Wildman–Crippen MR) is 46.9 cm³/mol. The van der Waals surface area contributed by atoms with Gasteiger partial charge in [0.05, 0.1) is 0 Å². The topological polar surface area (TPSA) is 0 Å². The molecule has 1 aromatic rings. The minimum Gasteiger partial charge on any atom is -0.445 e. The van der Waals surface area contributed by atoms with E-state index in [0.29, 0.717) is 0 Å². The van der Waals surface area contributed by atoms with Crippen LogP contribution in [0.15, 0.2) is 23.1 Å². The maximum absolute atomic E-state index is 12.8. The van der Waals surface area contributed by atoms with Crippen LogP contribution < -0.4 is 5.46 Å². The molecule has 1 rings (SSSR count). The maximum Gasteiger partial charge on any atom is 0.509 e. The van der Waals surface area contributed by atoms with Gasteiger partial charge < -0.3 is 12.9 Å². The first kappa shape index (κ1) is 10.4. The van der Waals surface area contributed by atoms with Gasteiger partial charge in [-0.1, -0.05) is 12.1 Å². The van der Waals surface area contributed by atoms with E-state index in [9.17, 15) is 17.3 Å². The third-order valence-electron chi connectivity index (χ3n) is 1.55. The van der Waals surface area contributed by atoms with Gasteiger partial charge in [0.25, 0.3) is 0 Å². The van der Waals surface area contributed by atoms with Gasteiger partial charge in [-0.2, -0.15) is 0 Å². The number of hydrogen-bond acceptors (Lipinski definition) is 1. The molecule has 0 bridgehead atoms. The first-order chi connectivity index (χ1) is 5.95. The van der Waals surface area contributed by atoms with E-state index in [0.717, 1.165) is 30.0 Å². The first-order valence-electron chi connectivity index (χ1n) is 3.48. The second kappa shape index (κ2) is 3.61. The Kier molecular flexibility index (Phi) is 2.90. The van der Waals surface area contributed by atoms with Gasteiger partial charge in [0.1, 0.15) is 5.82 Å². The summed E-state index contributed by atoms with van der Waals surface area (Å²) >= 11 is 0.961. The first-order valence-corrected chi connectivity index (χ1v) is 4.71. The molecule has 0 radical (unpaired) electrons. The SMILES string of the molecule is CSc1cc([B-](F)(F)F)ccc1F. The van der Waals surface area contributed by atoms with E-state index >= 15 is 0 Å². The van der Waals surface area contributed by atoms with E-state index in [1.54, 1.807) is 0 Å². The lowest BCUT2D eigenvalue weighted by molar-refractivity contribution is 0.500. The summed E-state index contributed by atoms with van der Waals surface area (Å²) in [7, 11) is 0. The summed E-state index contributed by atoms with van der Waals surface area (Å²) in [6.07, 6.45) is 1.53. The molecule has 0 unspecified atom stereocenters. The van der Waals surface area contributed by atoms with Gasteiger partial charge in [-0.25, -0.2) is 4.39 Å². The van der Waals surface area contributed by atoms with Crippen molar-refractivity contribution in [1.82, 2.24) is 0 Å². The Morgan fingerprint density at radius 3 is 2.31 bits per heavy atom. The molecule has 72 valence electrons. The van der Waals surface area contributed by atoms with Gasteiger partial charge >= 0.3 is 6.98 Å². The Balaban J connectivity index is 3.14. The van der Waals surface area contributed by atoms with E-state index in [4.69, 9.17) is 0 Å². The molecule has 0 amide bonds. The highest BCUT2D eigenvalue weighted by Gasteiger charge is 2.25. The van der Waals surface area contributed by atoms with E-state index in [2.05, 4.69) is 0 Å². The number of thioether (sulfide) groups is 1. The molecule has 13 heavy (non-hydrogen) atoms. The minimum absolute atomic E-state index is 0.0247. The summed E-state index contributed by atoms with van der Waals surface area (Å²) in [5, 5.41) is 0. The van der Waals surface area contributed by atoms with Crippen molar-refractivity contribution in [2.24, 2.45) is 0 Å². The Morgan fingerprint density at radius 2 is 1.85 bits per heavy atom. The fourth-order valence-electron chi connectivity index (χ4n) is 0.880. The molecule has 0 aliphatic carbocycles. The summed E-state index contributed by atoms with van der Waals surface area (Å²) < 4.78 is 49.3. The van der Waals surface area contributed by atoms with Crippen molar-refractivity contribution in [3.8, 4) is 0 Å². The zero-order valence-electron chi connectivity index (χ0n) is 6.73. The standard InChI is InChI=1S/C7H6BF4S/c1-13-7-4-5(8(10,11)12)2-3-6(7)9/h2-4H,1H3/q-1. The van der Waals surface area contributed by atoms with Crippen LogP contribution >= 0.6 is 11.8 Å². The molecule has 0 spiro atoms. The highest BCUT2D eigenvalue weighted by molar-refractivity contribution is 7.98. The van der Waals surface area contributed by atoms with Crippen LogP contribution in [0.5, 0.6) is 0 Å². The van der Waals surface area contributed by atoms with Crippen molar-refractivity contribution in [2.45, 2.75) is 4.90 Å². The molecular formula is C7H6BF4S-. The number of hydrogen-bond donors (Lipinski definition) is 0. The molecule has 1 aromatic carbocycles. The van der Waals surface area contributed by atoms with Crippen molar-refractivity contribution in [3.63, 3.8) is 0 Å². The number of benzene rings is 1. The summed E-state index contributed by atoms with van der Waals surface area (Å²) in [4.78, 5) is 0.0247. The maximum atomic E-state index is 12.8. The monoisotopic (exact) mass is 209 g/mol. The molecular weight excluding hydrogens is 203 g/mol. The van der Waals surface area contributed by atoms with Crippen LogP contribution in [0.2, 0.25) is 0 Å². The van der Waals surface area contributed by atoms with Gasteiger partial charge in [-0.05, 0) is 12.3 Å². The minimum atomic E-state index is -5.03. The zero-order valence-corrected chi connectivity index (χ0v) is 7.55. The lowest BCUT2D eigenvalue weighted by atomic mass is 9.80. The molecule has 0 fully saturated rings. The summed E-state index contributed by atoms with van der Waals surface area (Å²) in [5.74, 6) is -0.615. The molecule has 6 heteroatoms. The molecule has 0 saturated heterocycles. The fraction of sp³-hybridized carbons (Fsp3) is 0.143. The zero-order chi connectivity index (χ0) is 10.1. The summed E-state index contributed by atoms with van der Waals surface area (Å²) in [6.45, 7) is -5.03. The molecule has 0 heterocycles. The average Bonchev–Trinajstić information content (AvgIpc) is 2.03. The number of halogens is 4. The van der Waals surface area contributed by atoms with Crippen LogP contribution in [0.25, 0.3) is 0 Å². The van der Waals surface area contributed by atoms with Gasteiger partial charge in [-0.15, -0.1) is 17.2 Å². The summed E-state index contributed by atoms with van der Waals surface area (Å²) in [5.41, 5.74) is -0.759. The van der Waals surface area contributed by atoms with Gasteiger partial charge in [0.2, 0.25) is 0 Å². The summed E-state index contributed by atoms with van der Waals surface area (Å²) in [6, 6.07) is 2.44. The average molecular weight is 209 g/mol. The second-order valence-electron chi connectivity index (χ2n) is 2.47. The largest absolute Gasteiger partial charge is 0.509 e. The van der Waals surface area contributed by atoms with Crippen LogP contribution in [-0.2, 0) is 0 Å². The molecule has 0 atom stereocenters. The van der Waals surface area contributed by atoms with Crippen molar-refractivity contribution >= 4 is 24.2 Å². The molecule has 0 aliphatic heterocycles. The lowest BCUT2D eigenvalue weighted by Crippen LogP contribution is -2.34. The van der Waals surface area contributed by atoms with Crippen molar-refractivity contribution in [1.29, 1.82) is 0 Å². The van der Waals surface area contributed by atoms with Crippen molar-refractivity contribution < 1.29 is 17.3 Å². The van der Waals surface area contributed by atoms with Crippen molar-refractivity contribution in [3.05, 3.63) is 24.0 Å². The Morgan fingerprint density at radius 1 is 1.23 bits per heavy atom. The molecule has 0 N–H and O–H groups in total. The number of rotatable bonds is 2. The normalized spacial score (nSPS) is 11.8. The van der Waals surface area contributed by atoms with Crippen LogP contribution in [0.1, 0.15) is 0 Å². The lowest BCUT2D eigenvalue weighted by Gasteiger charge is -2.15. The Bertz CT molecular complexity index is 310. The Hall–Kier alpha value is -0.645. The fourth-order valence-corrected chi connectivity index (χ4v) is 1.40. The van der Waals surface area contributed by atoms with E-state index in [-0.39, 0.29) is 4.90 Å². The van der Waals surface area contributed by atoms with Gasteiger partial charge in [0, 0.05) is 4.90 Å². The van der Waals surface area contributed by atoms with Gasteiger partial charge in [-0.3, -0.25) is 0 Å². The highest BCUT2D eigenvalue weighted by Crippen LogP contribution is 2.19.